The number of hydrogen-bond donors (Lipinski definition) is 0. The Bertz CT molecular complexity index is 460. The Balaban J connectivity index is 3.15. The van der Waals surface area contributed by atoms with Crippen LogP contribution in [0.3, 0.4) is 0 Å². The van der Waals surface area contributed by atoms with E-state index in [2.05, 4.69) is 0 Å². The van der Waals surface area contributed by atoms with Crippen molar-refractivity contribution in [2.24, 2.45) is 0 Å². The molecule has 0 atom stereocenters. The number of nitrogens with zero attached hydrogens (tertiary/aromatic N) is 2. The summed E-state index contributed by atoms with van der Waals surface area (Å²) in [6.07, 6.45) is 2.17. The summed E-state index contributed by atoms with van der Waals surface area (Å²) < 4.78 is 0. The van der Waals surface area contributed by atoms with E-state index >= 15 is 0 Å². The Labute approximate surface area is 105 Å². The maximum absolute atomic E-state index is 12.1. The van der Waals surface area contributed by atoms with Crippen molar-refractivity contribution in [3.8, 4) is 0 Å². The Kier molecular flexibility index (Phi) is 3.80. The molecule has 1 rings (SSSR count). The number of ketones is 2. The van der Waals surface area contributed by atoms with E-state index in [0.29, 0.717) is 0 Å². The third-order valence-corrected chi connectivity index (χ3v) is 2.69. The lowest BCUT2D eigenvalue weighted by atomic mass is 10.0. The average molecular weight is 250 g/mol. The summed E-state index contributed by atoms with van der Waals surface area (Å²) >= 11 is 0. The molecule has 0 radical (unpaired) electrons. The smallest absolute Gasteiger partial charge is 0.226 e. The number of carbonyl (C=O) groups excluding carboxylic acids is 4. The fourth-order valence-electron chi connectivity index (χ4n) is 1.41. The van der Waals surface area contributed by atoms with Crippen molar-refractivity contribution in [1.82, 2.24) is 9.80 Å². The monoisotopic (exact) mass is 250 g/mol. The third-order valence-electron chi connectivity index (χ3n) is 2.69. The summed E-state index contributed by atoms with van der Waals surface area (Å²) in [5, 5.41) is 0. The molecule has 0 saturated heterocycles. The van der Waals surface area contributed by atoms with E-state index in [9.17, 15) is 19.2 Å². The lowest BCUT2D eigenvalue weighted by molar-refractivity contribution is -0.130. The Hall–Kier alpha value is -2.24. The molecule has 0 bridgehead atoms. The van der Waals surface area contributed by atoms with Gasteiger partial charge < -0.3 is 9.80 Å². The molecule has 1 aliphatic rings. The number of hydrogen-bond acceptors (Lipinski definition) is 4. The van der Waals surface area contributed by atoms with Gasteiger partial charge in [0.15, 0.2) is 5.78 Å². The van der Waals surface area contributed by atoms with Gasteiger partial charge in [-0.3, -0.25) is 19.2 Å². The van der Waals surface area contributed by atoms with E-state index in [4.69, 9.17) is 0 Å². The van der Waals surface area contributed by atoms with Crippen LogP contribution in [0.4, 0.5) is 0 Å². The average Bonchev–Trinajstić information content (AvgIpc) is 2.29. The van der Waals surface area contributed by atoms with E-state index in [1.54, 1.807) is 0 Å². The molecule has 6 heteroatoms. The zero-order valence-corrected chi connectivity index (χ0v) is 10.7. The van der Waals surface area contributed by atoms with Crippen LogP contribution in [0.5, 0.6) is 0 Å². The minimum absolute atomic E-state index is 0.0295. The second-order valence-electron chi connectivity index (χ2n) is 3.95. The molecule has 0 aliphatic heterocycles. The summed E-state index contributed by atoms with van der Waals surface area (Å²) in [6.45, 7) is 2.57. The summed E-state index contributed by atoms with van der Waals surface area (Å²) in [5.74, 6) is -1.69. The molecule has 6 nitrogen and oxygen atoms in total. The van der Waals surface area contributed by atoms with Crippen LogP contribution >= 0.6 is 0 Å². The van der Waals surface area contributed by atoms with Gasteiger partial charge in [0.1, 0.15) is 0 Å². The van der Waals surface area contributed by atoms with Gasteiger partial charge in [0, 0.05) is 40.1 Å². The number of Topliss-reactive ketones (excluding diaryl/α,β-unsaturated/α-hetero) is 1. The highest BCUT2D eigenvalue weighted by Crippen LogP contribution is 2.18. The van der Waals surface area contributed by atoms with Crippen molar-refractivity contribution in [1.29, 1.82) is 0 Å². The molecular weight excluding hydrogens is 236 g/mol. The SMILES string of the molecule is CC(=O)N(C)C1=CC(=O)C=C(N(C)C(C)=O)C1=O. The summed E-state index contributed by atoms with van der Waals surface area (Å²) in [5.41, 5.74) is -0.0591. The minimum Gasteiger partial charge on any atom is -0.312 e. The molecule has 0 unspecified atom stereocenters. The van der Waals surface area contributed by atoms with Gasteiger partial charge in [-0.05, 0) is 0 Å². The molecule has 96 valence electrons. The summed E-state index contributed by atoms with van der Waals surface area (Å²) in [7, 11) is 2.80. The first kappa shape index (κ1) is 13.8. The van der Waals surface area contributed by atoms with Crippen LogP contribution in [-0.4, -0.2) is 47.3 Å². The first-order valence-electron chi connectivity index (χ1n) is 5.26. The zero-order chi connectivity index (χ0) is 14.0. The van der Waals surface area contributed by atoms with E-state index in [1.165, 1.54) is 27.9 Å². The topological polar surface area (TPSA) is 74.8 Å². The molecular formula is C12H14N2O4. The number of rotatable bonds is 2. The number of likely N-dealkylation sites (N-methyl/N-ethyl adjacent to an activating group) is 2. The third kappa shape index (κ3) is 2.53. The Morgan fingerprint density at radius 1 is 0.889 bits per heavy atom. The number of amides is 2. The van der Waals surface area contributed by atoms with Crippen LogP contribution in [0.15, 0.2) is 23.5 Å². The van der Waals surface area contributed by atoms with Crippen LogP contribution in [0.1, 0.15) is 13.8 Å². The first-order valence-corrected chi connectivity index (χ1v) is 5.26. The van der Waals surface area contributed by atoms with Gasteiger partial charge in [0.2, 0.25) is 17.6 Å². The van der Waals surface area contributed by atoms with E-state index < -0.39 is 11.6 Å². The van der Waals surface area contributed by atoms with Crippen molar-refractivity contribution in [3.63, 3.8) is 0 Å². The fourth-order valence-corrected chi connectivity index (χ4v) is 1.41. The lowest BCUT2D eigenvalue weighted by Crippen LogP contribution is -2.37. The molecule has 0 aromatic rings. The van der Waals surface area contributed by atoms with Gasteiger partial charge in [-0.25, -0.2) is 0 Å². The Morgan fingerprint density at radius 3 is 1.50 bits per heavy atom. The van der Waals surface area contributed by atoms with Crippen LogP contribution in [0, 0.1) is 0 Å². The van der Waals surface area contributed by atoms with Crippen molar-refractivity contribution >= 4 is 23.4 Å². The zero-order valence-electron chi connectivity index (χ0n) is 10.7. The van der Waals surface area contributed by atoms with Gasteiger partial charge in [-0.1, -0.05) is 0 Å². The Morgan fingerprint density at radius 2 is 1.22 bits per heavy atom. The van der Waals surface area contributed by atoms with Crippen molar-refractivity contribution in [2.45, 2.75) is 13.8 Å². The van der Waals surface area contributed by atoms with Gasteiger partial charge in [0.25, 0.3) is 0 Å². The second-order valence-corrected chi connectivity index (χ2v) is 3.95. The van der Waals surface area contributed by atoms with Gasteiger partial charge in [0.05, 0.1) is 11.4 Å². The van der Waals surface area contributed by atoms with Crippen LogP contribution in [0.2, 0.25) is 0 Å². The van der Waals surface area contributed by atoms with E-state index in [1.807, 2.05) is 0 Å². The standard InChI is InChI=1S/C12H14N2O4/c1-7(15)13(3)10-5-9(17)6-11(12(10)18)14(4)8(2)16/h5-6H,1-4H3. The molecule has 1 aliphatic carbocycles. The maximum atomic E-state index is 12.1. The molecule has 0 N–H and O–H groups in total. The first-order chi connectivity index (χ1) is 8.25. The largest absolute Gasteiger partial charge is 0.312 e. The summed E-state index contributed by atoms with van der Waals surface area (Å²) in [4.78, 5) is 48.2. The van der Waals surface area contributed by atoms with Gasteiger partial charge >= 0.3 is 0 Å². The lowest BCUT2D eigenvalue weighted by Gasteiger charge is -2.25. The number of allylic oxidation sites excluding steroid dienone is 2. The predicted molar refractivity (Wildman–Crippen MR) is 63.1 cm³/mol. The molecule has 0 saturated carbocycles. The maximum Gasteiger partial charge on any atom is 0.226 e. The highest BCUT2D eigenvalue weighted by atomic mass is 16.2. The highest BCUT2D eigenvalue weighted by molar-refractivity contribution is 6.21. The molecule has 0 spiro atoms. The second kappa shape index (κ2) is 4.95. The molecule has 2 amide bonds. The molecule has 0 heterocycles. The van der Waals surface area contributed by atoms with Gasteiger partial charge in [-0.2, -0.15) is 0 Å². The highest BCUT2D eigenvalue weighted by Gasteiger charge is 2.29. The number of carbonyl (C=O) groups is 4. The molecule has 0 fully saturated rings. The predicted octanol–water partition coefficient (Wildman–Crippen LogP) is -0.137. The molecule has 0 aromatic heterocycles. The van der Waals surface area contributed by atoms with Crippen LogP contribution in [0.25, 0.3) is 0 Å². The minimum atomic E-state index is -0.523. The molecule has 18 heavy (non-hydrogen) atoms. The van der Waals surface area contributed by atoms with Gasteiger partial charge in [-0.15, -0.1) is 0 Å². The normalized spacial score (nSPS) is 14.9. The molecule has 0 aromatic carbocycles. The van der Waals surface area contributed by atoms with Crippen molar-refractivity contribution in [2.75, 3.05) is 14.1 Å². The van der Waals surface area contributed by atoms with E-state index in [-0.39, 0.29) is 23.2 Å². The van der Waals surface area contributed by atoms with Crippen LogP contribution < -0.4 is 0 Å². The quantitative estimate of drug-likeness (QED) is 0.639. The van der Waals surface area contributed by atoms with E-state index in [0.717, 1.165) is 22.0 Å². The summed E-state index contributed by atoms with van der Waals surface area (Å²) in [6, 6.07) is 0. The fraction of sp³-hybridized carbons (Fsp3) is 0.333. The van der Waals surface area contributed by atoms with Crippen LogP contribution in [-0.2, 0) is 19.2 Å². The van der Waals surface area contributed by atoms with Crippen molar-refractivity contribution in [3.05, 3.63) is 23.5 Å². The van der Waals surface area contributed by atoms with Crippen molar-refractivity contribution < 1.29 is 19.2 Å².